The summed E-state index contributed by atoms with van der Waals surface area (Å²) < 4.78 is 0. The van der Waals surface area contributed by atoms with E-state index < -0.39 is 0 Å². The van der Waals surface area contributed by atoms with Gasteiger partial charge in [0.1, 0.15) is 0 Å². The Morgan fingerprint density at radius 3 is 2.53 bits per heavy atom. The van der Waals surface area contributed by atoms with Crippen molar-refractivity contribution in [3.8, 4) is 0 Å². The summed E-state index contributed by atoms with van der Waals surface area (Å²) in [6, 6.07) is 0. The second kappa shape index (κ2) is 5.71. The first-order chi connectivity index (χ1) is 8.11. The van der Waals surface area contributed by atoms with Gasteiger partial charge in [-0.2, -0.15) is 0 Å². The molecule has 2 nitrogen and oxygen atoms in total. The highest BCUT2D eigenvalue weighted by Gasteiger charge is 2.33. The van der Waals surface area contributed by atoms with Gasteiger partial charge >= 0.3 is 0 Å². The van der Waals surface area contributed by atoms with Crippen LogP contribution in [0.4, 0.5) is 0 Å². The average Bonchev–Trinajstić information content (AvgIpc) is 2.29. The predicted molar refractivity (Wildman–Crippen MR) is 74.0 cm³/mol. The predicted octanol–water partition coefficient (Wildman–Crippen LogP) is 3.02. The highest BCUT2D eigenvalue weighted by Crippen LogP contribution is 2.32. The monoisotopic (exact) mass is 238 g/mol. The third-order valence-corrected chi connectivity index (χ3v) is 4.95. The molecular formula is C15H30N2. The molecule has 0 aromatic heterocycles. The SMILES string of the molecule is CCC1CCN(CC2(N)CCCC(C)C2)CC1. The van der Waals surface area contributed by atoms with Crippen LogP contribution in [0.3, 0.4) is 0 Å². The van der Waals surface area contributed by atoms with Crippen molar-refractivity contribution in [2.45, 2.75) is 64.3 Å². The summed E-state index contributed by atoms with van der Waals surface area (Å²) in [7, 11) is 0. The highest BCUT2D eigenvalue weighted by molar-refractivity contribution is 4.93. The van der Waals surface area contributed by atoms with Gasteiger partial charge in [-0.15, -0.1) is 0 Å². The zero-order valence-electron chi connectivity index (χ0n) is 11.8. The van der Waals surface area contributed by atoms with Crippen molar-refractivity contribution >= 4 is 0 Å². The molecule has 2 fully saturated rings. The molecule has 2 unspecified atom stereocenters. The van der Waals surface area contributed by atoms with Crippen molar-refractivity contribution < 1.29 is 0 Å². The van der Waals surface area contributed by atoms with Crippen molar-refractivity contribution in [3.05, 3.63) is 0 Å². The Morgan fingerprint density at radius 2 is 1.94 bits per heavy atom. The first-order valence-electron chi connectivity index (χ1n) is 7.62. The van der Waals surface area contributed by atoms with Crippen LogP contribution in [0, 0.1) is 11.8 Å². The van der Waals surface area contributed by atoms with Crippen LogP contribution in [-0.2, 0) is 0 Å². The third kappa shape index (κ3) is 3.69. The van der Waals surface area contributed by atoms with E-state index in [-0.39, 0.29) is 5.54 Å². The van der Waals surface area contributed by atoms with Gasteiger partial charge in [-0.1, -0.05) is 33.1 Å². The van der Waals surface area contributed by atoms with E-state index in [2.05, 4.69) is 18.7 Å². The molecule has 2 aliphatic rings. The lowest BCUT2D eigenvalue weighted by Crippen LogP contribution is -2.54. The maximum Gasteiger partial charge on any atom is 0.0285 e. The third-order valence-electron chi connectivity index (χ3n) is 4.95. The Kier molecular flexibility index (Phi) is 4.48. The summed E-state index contributed by atoms with van der Waals surface area (Å²) in [5, 5.41) is 0. The fourth-order valence-corrected chi connectivity index (χ4v) is 3.84. The van der Waals surface area contributed by atoms with Gasteiger partial charge in [0.05, 0.1) is 0 Å². The Balaban J connectivity index is 1.80. The van der Waals surface area contributed by atoms with Crippen LogP contribution in [0.2, 0.25) is 0 Å². The smallest absolute Gasteiger partial charge is 0.0285 e. The van der Waals surface area contributed by atoms with Crippen molar-refractivity contribution in [2.24, 2.45) is 17.6 Å². The molecule has 1 aliphatic heterocycles. The lowest BCUT2D eigenvalue weighted by Gasteiger charge is -2.42. The van der Waals surface area contributed by atoms with Gasteiger partial charge in [-0.25, -0.2) is 0 Å². The number of likely N-dealkylation sites (tertiary alicyclic amines) is 1. The molecule has 0 radical (unpaired) electrons. The largest absolute Gasteiger partial charge is 0.324 e. The zero-order chi connectivity index (χ0) is 12.3. The van der Waals surface area contributed by atoms with Crippen molar-refractivity contribution in [1.29, 1.82) is 0 Å². The van der Waals surface area contributed by atoms with Crippen LogP contribution in [0.25, 0.3) is 0 Å². The average molecular weight is 238 g/mol. The molecule has 1 saturated carbocycles. The molecule has 100 valence electrons. The number of hydrogen-bond acceptors (Lipinski definition) is 2. The van der Waals surface area contributed by atoms with Gasteiger partial charge in [-0.05, 0) is 50.6 Å². The molecule has 1 saturated heterocycles. The molecule has 2 rings (SSSR count). The molecular weight excluding hydrogens is 208 g/mol. The Hall–Kier alpha value is -0.0800. The number of rotatable bonds is 3. The van der Waals surface area contributed by atoms with E-state index in [1.54, 1.807) is 0 Å². The Bertz CT molecular complexity index is 233. The minimum absolute atomic E-state index is 0.122. The standard InChI is InChI=1S/C15H30N2/c1-3-14-6-9-17(10-7-14)12-15(16)8-4-5-13(2)11-15/h13-14H,3-12,16H2,1-2H3. The van der Waals surface area contributed by atoms with Crippen LogP contribution in [0.5, 0.6) is 0 Å². The zero-order valence-corrected chi connectivity index (χ0v) is 11.8. The summed E-state index contributed by atoms with van der Waals surface area (Å²) in [6.45, 7) is 8.41. The Morgan fingerprint density at radius 1 is 1.24 bits per heavy atom. The van der Waals surface area contributed by atoms with Crippen LogP contribution in [0.15, 0.2) is 0 Å². The molecule has 1 aliphatic carbocycles. The number of hydrogen-bond donors (Lipinski definition) is 1. The number of nitrogens with two attached hydrogens (primary N) is 1. The van der Waals surface area contributed by atoms with Gasteiger partial charge in [-0.3, -0.25) is 0 Å². The highest BCUT2D eigenvalue weighted by atomic mass is 15.2. The van der Waals surface area contributed by atoms with Crippen LogP contribution < -0.4 is 5.73 Å². The maximum atomic E-state index is 6.61. The normalized spacial score (nSPS) is 37.2. The van der Waals surface area contributed by atoms with E-state index in [1.807, 2.05) is 0 Å². The van der Waals surface area contributed by atoms with Gasteiger partial charge in [0, 0.05) is 12.1 Å². The second-order valence-electron chi connectivity index (χ2n) is 6.69. The molecule has 17 heavy (non-hydrogen) atoms. The fraction of sp³-hybridized carbons (Fsp3) is 1.00. The molecule has 0 spiro atoms. The van der Waals surface area contributed by atoms with Crippen molar-refractivity contribution in [1.82, 2.24) is 4.90 Å². The first kappa shape index (κ1) is 13.4. The van der Waals surface area contributed by atoms with E-state index in [1.165, 1.54) is 58.0 Å². The summed E-state index contributed by atoms with van der Waals surface area (Å²) in [5.41, 5.74) is 6.73. The van der Waals surface area contributed by atoms with Gasteiger partial charge in [0.15, 0.2) is 0 Å². The molecule has 2 heteroatoms. The summed E-state index contributed by atoms with van der Waals surface area (Å²) in [5.74, 6) is 1.81. The molecule has 2 atom stereocenters. The van der Waals surface area contributed by atoms with E-state index >= 15 is 0 Å². The first-order valence-corrected chi connectivity index (χ1v) is 7.62. The van der Waals surface area contributed by atoms with Crippen molar-refractivity contribution in [2.75, 3.05) is 19.6 Å². The summed E-state index contributed by atoms with van der Waals surface area (Å²) >= 11 is 0. The number of piperidine rings is 1. The number of nitrogens with zero attached hydrogens (tertiary/aromatic N) is 1. The molecule has 0 aromatic rings. The van der Waals surface area contributed by atoms with Gasteiger partial charge < -0.3 is 10.6 Å². The lowest BCUT2D eigenvalue weighted by molar-refractivity contribution is 0.115. The van der Waals surface area contributed by atoms with E-state index in [0.717, 1.165) is 18.4 Å². The van der Waals surface area contributed by atoms with Crippen molar-refractivity contribution in [3.63, 3.8) is 0 Å². The molecule has 1 heterocycles. The van der Waals surface area contributed by atoms with Gasteiger partial charge in [0.2, 0.25) is 0 Å². The fourth-order valence-electron chi connectivity index (χ4n) is 3.84. The van der Waals surface area contributed by atoms with E-state index in [4.69, 9.17) is 5.73 Å². The summed E-state index contributed by atoms with van der Waals surface area (Å²) in [4.78, 5) is 2.63. The lowest BCUT2D eigenvalue weighted by atomic mass is 9.76. The topological polar surface area (TPSA) is 29.3 Å². The molecule has 2 N–H and O–H groups in total. The quantitative estimate of drug-likeness (QED) is 0.819. The van der Waals surface area contributed by atoms with Gasteiger partial charge in [0.25, 0.3) is 0 Å². The maximum absolute atomic E-state index is 6.61. The minimum Gasteiger partial charge on any atom is -0.324 e. The summed E-state index contributed by atoms with van der Waals surface area (Å²) in [6.07, 6.45) is 9.34. The molecule has 0 bridgehead atoms. The molecule has 0 amide bonds. The molecule has 0 aromatic carbocycles. The van der Waals surface area contributed by atoms with Crippen LogP contribution in [0.1, 0.15) is 58.8 Å². The second-order valence-corrected chi connectivity index (χ2v) is 6.69. The minimum atomic E-state index is 0.122. The van der Waals surface area contributed by atoms with Crippen LogP contribution in [-0.4, -0.2) is 30.1 Å². The Labute approximate surface area is 107 Å². The van der Waals surface area contributed by atoms with E-state index in [9.17, 15) is 0 Å². The van der Waals surface area contributed by atoms with E-state index in [0.29, 0.717) is 0 Å². The van der Waals surface area contributed by atoms with Crippen LogP contribution >= 0.6 is 0 Å².